The highest BCUT2D eigenvalue weighted by Crippen LogP contribution is 2.35. The molecule has 0 aliphatic rings. The highest BCUT2D eigenvalue weighted by Gasteiger charge is 2.15. The predicted octanol–water partition coefficient (Wildman–Crippen LogP) is 7.50. The van der Waals surface area contributed by atoms with Gasteiger partial charge in [0.2, 0.25) is 0 Å². The van der Waals surface area contributed by atoms with Crippen LogP contribution in [0.4, 0.5) is 8.78 Å². The summed E-state index contributed by atoms with van der Waals surface area (Å²) in [6.07, 6.45) is 0. The van der Waals surface area contributed by atoms with Crippen molar-refractivity contribution in [3.05, 3.63) is 88.9 Å². The first-order chi connectivity index (χ1) is 15.1. The van der Waals surface area contributed by atoms with Crippen LogP contribution in [0.25, 0.3) is 49.7 Å². The largest absolute Gasteiger partial charge is 0.309 e. The third-order valence-electron chi connectivity index (χ3n) is 5.49. The second-order valence-corrected chi connectivity index (χ2v) is 8.64. The number of benzene rings is 4. The van der Waals surface area contributed by atoms with Crippen LogP contribution in [-0.4, -0.2) is 13.3 Å². The lowest BCUT2D eigenvalue weighted by Crippen LogP contribution is -1.94. The number of aromatic nitrogens is 3. The number of fused-ring (bicyclic) bond motifs is 4. The van der Waals surface area contributed by atoms with Crippen LogP contribution >= 0.6 is 27.7 Å². The minimum absolute atomic E-state index is 0.345. The van der Waals surface area contributed by atoms with Crippen molar-refractivity contribution in [2.75, 3.05) is 0 Å². The van der Waals surface area contributed by atoms with E-state index in [1.165, 1.54) is 36.0 Å². The average Bonchev–Trinajstić information content (AvgIpc) is 3.38. The molecule has 2 heterocycles. The zero-order chi connectivity index (χ0) is 21.1. The molecule has 0 saturated carbocycles. The fourth-order valence-electron chi connectivity index (χ4n) is 4.11. The van der Waals surface area contributed by atoms with E-state index >= 15 is 0 Å². The fraction of sp³-hybridized carbons (Fsp3) is 0. The Morgan fingerprint density at radius 1 is 0.710 bits per heavy atom. The monoisotopic (exact) mass is 491 g/mol. The minimum Gasteiger partial charge on any atom is -0.309 e. The SMILES string of the molecule is Fc1ccc2c(c1)c1cc(F)ccc1n2-c1ccc(-c2ccc(Br)c3nsnc23)cc1. The van der Waals surface area contributed by atoms with E-state index < -0.39 is 0 Å². The van der Waals surface area contributed by atoms with Gasteiger partial charge in [-0.05, 0) is 76.1 Å². The minimum atomic E-state index is -0.345. The highest BCUT2D eigenvalue weighted by atomic mass is 79.9. The van der Waals surface area contributed by atoms with Gasteiger partial charge in [-0.25, -0.2) is 8.78 Å². The molecule has 0 aliphatic carbocycles. The second kappa shape index (κ2) is 6.93. The van der Waals surface area contributed by atoms with Gasteiger partial charge < -0.3 is 4.57 Å². The maximum Gasteiger partial charge on any atom is 0.123 e. The normalized spacial score (nSPS) is 11.7. The molecule has 2 aromatic heterocycles. The van der Waals surface area contributed by atoms with E-state index in [9.17, 15) is 8.78 Å². The summed E-state index contributed by atoms with van der Waals surface area (Å²) in [4.78, 5) is 0. The summed E-state index contributed by atoms with van der Waals surface area (Å²) >= 11 is 4.71. The van der Waals surface area contributed by atoms with Crippen LogP contribution < -0.4 is 0 Å². The van der Waals surface area contributed by atoms with Crippen LogP contribution in [0.15, 0.2) is 77.3 Å². The second-order valence-electron chi connectivity index (χ2n) is 7.26. The summed E-state index contributed by atoms with van der Waals surface area (Å²) in [5.41, 5.74) is 6.28. The molecule has 4 aromatic carbocycles. The van der Waals surface area contributed by atoms with Gasteiger partial charge in [-0.1, -0.05) is 18.2 Å². The molecule has 0 atom stereocenters. The van der Waals surface area contributed by atoms with Crippen LogP contribution in [0.2, 0.25) is 0 Å². The lowest BCUT2D eigenvalue weighted by atomic mass is 10.0. The quantitative estimate of drug-likeness (QED) is 0.251. The van der Waals surface area contributed by atoms with Crippen molar-refractivity contribution in [2.45, 2.75) is 0 Å². The van der Waals surface area contributed by atoms with Crippen LogP contribution in [0.3, 0.4) is 0 Å². The standard InChI is InChI=1S/C24H12BrF2N3S/c25-20-8-7-17(23-24(20)29-31-28-23)13-1-5-16(6-2-13)30-21-9-3-14(26)11-18(21)19-12-15(27)4-10-22(19)30/h1-12H. The molecule has 0 spiro atoms. The molecule has 6 rings (SSSR count). The van der Waals surface area contributed by atoms with Crippen LogP contribution in [0.1, 0.15) is 0 Å². The van der Waals surface area contributed by atoms with Gasteiger partial charge in [-0.2, -0.15) is 8.75 Å². The Balaban J connectivity index is 1.55. The zero-order valence-electron chi connectivity index (χ0n) is 15.8. The summed E-state index contributed by atoms with van der Waals surface area (Å²) < 4.78 is 39.6. The van der Waals surface area contributed by atoms with Crippen molar-refractivity contribution in [3.8, 4) is 16.8 Å². The molecule has 0 saturated heterocycles. The molecule has 0 amide bonds. The first kappa shape index (κ1) is 18.6. The Labute approximate surface area is 188 Å². The average molecular weight is 492 g/mol. The van der Waals surface area contributed by atoms with Gasteiger partial charge in [0.25, 0.3) is 0 Å². The van der Waals surface area contributed by atoms with Gasteiger partial charge in [0.15, 0.2) is 0 Å². The third-order valence-corrected chi connectivity index (χ3v) is 6.66. The smallest absolute Gasteiger partial charge is 0.123 e. The zero-order valence-corrected chi connectivity index (χ0v) is 18.2. The molecule has 31 heavy (non-hydrogen) atoms. The summed E-state index contributed by atoms with van der Waals surface area (Å²) in [7, 11) is 0. The topological polar surface area (TPSA) is 30.7 Å². The molecular weight excluding hydrogens is 480 g/mol. The number of hydrogen-bond acceptors (Lipinski definition) is 3. The highest BCUT2D eigenvalue weighted by molar-refractivity contribution is 9.10. The third kappa shape index (κ3) is 2.88. The van der Waals surface area contributed by atoms with Crippen molar-refractivity contribution in [2.24, 2.45) is 0 Å². The molecule has 0 bridgehead atoms. The molecule has 6 aromatic rings. The molecule has 150 valence electrons. The molecular formula is C24H12BrF2N3S. The van der Waals surface area contributed by atoms with E-state index in [4.69, 9.17) is 0 Å². The maximum absolute atomic E-state index is 13.9. The summed E-state index contributed by atoms with van der Waals surface area (Å²) in [5.74, 6) is -0.690. The van der Waals surface area contributed by atoms with E-state index in [1.54, 1.807) is 12.1 Å². The lowest BCUT2D eigenvalue weighted by Gasteiger charge is -2.10. The predicted molar refractivity (Wildman–Crippen MR) is 125 cm³/mol. The Kier molecular flexibility index (Phi) is 4.16. The summed E-state index contributed by atoms with van der Waals surface area (Å²) in [5, 5.41) is 1.36. The van der Waals surface area contributed by atoms with Gasteiger partial charge in [0.1, 0.15) is 22.7 Å². The molecule has 0 fully saturated rings. The first-order valence-corrected chi connectivity index (χ1v) is 11.0. The Morgan fingerprint density at radius 3 is 1.97 bits per heavy atom. The van der Waals surface area contributed by atoms with E-state index in [0.717, 1.165) is 43.4 Å². The van der Waals surface area contributed by atoms with Crippen LogP contribution in [0, 0.1) is 11.6 Å². The Morgan fingerprint density at radius 2 is 1.32 bits per heavy atom. The van der Waals surface area contributed by atoms with E-state index in [-0.39, 0.29) is 11.6 Å². The molecule has 7 heteroatoms. The van der Waals surface area contributed by atoms with Crippen molar-refractivity contribution >= 4 is 60.5 Å². The molecule has 0 aliphatic heterocycles. The van der Waals surface area contributed by atoms with Gasteiger partial charge in [-0.15, -0.1) is 0 Å². The van der Waals surface area contributed by atoms with Gasteiger partial charge >= 0.3 is 0 Å². The maximum atomic E-state index is 13.9. The lowest BCUT2D eigenvalue weighted by molar-refractivity contribution is 0.628. The van der Waals surface area contributed by atoms with Crippen molar-refractivity contribution in [1.29, 1.82) is 0 Å². The van der Waals surface area contributed by atoms with E-state index in [1.807, 2.05) is 41.0 Å². The van der Waals surface area contributed by atoms with Crippen molar-refractivity contribution in [1.82, 2.24) is 13.3 Å². The molecule has 0 N–H and O–H groups in total. The van der Waals surface area contributed by atoms with Crippen molar-refractivity contribution in [3.63, 3.8) is 0 Å². The molecule has 3 nitrogen and oxygen atoms in total. The number of hydrogen-bond donors (Lipinski definition) is 0. The summed E-state index contributed by atoms with van der Waals surface area (Å²) in [6.45, 7) is 0. The molecule has 0 radical (unpaired) electrons. The van der Waals surface area contributed by atoms with Gasteiger partial charge in [0.05, 0.1) is 22.8 Å². The number of rotatable bonds is 2. The fourth-order valence-corrected chi connectivity index (χ4v) is 5.20. The Bertz CT molecular complexity index is 1560. The van der Waals surface area contributed by atoms with Crippen LogP contribution in [0.5, 0.6) is 0 Å². The summed E-state index contributed by atoms with van der Waals surface area (Å²) in [6, 6.07) is 21.3. The van der Waals surface area contributed by atoms with Crippen LogP contribution in [-0.2, 0) is 0 Å². The van der Waals surface area contributed by atoms with Gasteiger partial charge in [0, 0.05) is 26.5 Å². The van der Waals surface area contributed by atoms with Gasteiger partial charge in [-0.3, -0.25) is 0 Å². The van der Waals surface area contributed by atoms with E-state index in [2.05, 4.69) is 24.7 Å². The Hall–Kier alpha value is -3.16. The molecule has 0 unspecified atom stereocenters. The number of halogens is 3. The van der Waals surface area contributed by atoms with Crippen molar-refractivity contribution < 1.29 is 8.78 Å². The number of nitrogens with zero attached hydrogens (tertiary/aromatic N) is 3. The van der Waals surface area contributed by atoms with E-state index in [0.29, 0.717) is 10.8 Å². The first-order valence-electron chi connectivity index (χ1n) is 9.51.